The highest BCUT2D eigenvalue weighted by molar-refractivity contribution is 5.92. The lowest BCUT2D eigenvalue weighted by molar-refractivity contribution is 0.0934. The fourth-order valence-electron chi connectivity index (χ4n) is 1.95. The SMILES string of the molecule is CCC(C)NC(=O)c1cnc(NCc2cccc(C)c2)cn1. The summed E-state index contributed by atoms with van der Waals surface area (Å²) >= 11 is 0. The van der Waals surface area contributed by atoms with Crippen LogP contribution in [0.1, 0.15) is 41.9 Å². The molecular weight excluding hydrogens is 276 g/mol. The molecule has 0 bridgehead atoms. The molecule has 0 aliphatic heterocycles. The molecule has 2 rings (SSSR count). The molecule has 1 aromatic carbocycles. The van der Waals surface area contributed by atoms with E-state index in [1.54, 1.807) is 6.20 Å². The van der Waals surface area contributed by atoms with Crippen LogP contribution < -0.4 is 10.6 Å². The maximum absolute atomic E-state index is 11.9. The van der Waals surface area contributed by atoms with Crippen molar-refractivity contribution in [3.63, 3.8) is 0 Å². The van der Waals surface area contributed by atoms with Crippen LogP contribution in [0, 0.1) is 6.92 Å². The molecule has 5 heteroatoms. The van der Waals surface area contributed by atoms with Gasteiger partial charge in [0.25, 0.3) is 5.91 Å². The van der Waals surface area contributed by atoms with Crippen molar-refractivity contribution in [3.05, 3.63) is 53.5 Å². The summed E-state index contributed by atoms with van der Waals surface area (Å²) < 4.78 is 0. The van der Waals surface area contributed by atoms with Crippen molar-refractivity contribution in [2.24, 2.45) is 0 Å². The van der Waals surface area contributed by atoms with E-state index in [0.29, 0.717) is 18.1 Å². The Morgan fingerprint density at radius 2 is 2.09 bits per heavy atom. The number of rotatable bonds is 6. The van der Waals surface area contributed by atoms with Gasteiger partial charge in [-0.1, -0.05) is 36.8 Å². The van der Waals surface area contributed by atoms with Crippen LogP contribution in [0.4, 0.5) is 5.82 Å². The van der Waals surface area contributed by atoms with Gasteiger partial charge in [-0.15, -0.1) is 0 Å². The van der Waals surface area contributed by atoms with Gasteiger partial charge in [-0.3, -0.25) is 4.79 Å². The molecule has 0 radical (unpaired) electrons. The van der Waals surface area contributed by atoms with Crippen LogP contribution in [0.3, 0.4) is 0 Å². The molecule has 116 valence electrons. The predicted molar refractivity (Wildman–Crippen MR) is 87.8 cm³/mol. The van der Waals surface area contributed by atoms with Crippen molar-refractivity contribution >= 4 is 11.7 Å². The van der Waals surface area contributed by atoms with Crippen LogP contribution in [0.5, 0.6) is 0 Å². The van der Waals surface area contributed by atoms with Gasteiger partial charge in [-0.05, 0) is 25.8 Å². The first-order chi connectivity index (χ1) is 10.6. The number of amides is 1. The fraction of sp³-hybridized carbons (Fsp3) is 0.353. The molecule has 2 aromatic rings. The summed E-state index contributed by atoms with van der Waals surface area (Å²) in [5.74, 6) is 0.466. The zero-order chi connectivity index (χ0) is 15.9. The van der Waals surface area contributed by atoms with Crippen molar-refractivity contribution in [2.45, 2.75) is 39.8 Å². The molecule has 0 aliphatic rings. The summed E-state index contributed by atoms with van der Waals surface area (Å²) in [7, 11) is 0. The summed E-state index contributed by atoms with van der Waals surface area (Å²) in [5, 5.41) is 6.07. The minimum absolute atomic E-state index is 0.133. The molecule has 1 unspecified atom stereocenters. The van der Waals surface area contributed by atoms with E-state index < -0.39 is 0 Å². The minimum atomic E-state index is -0.188. The van der Waals surface area contributed by atoms with Crippen LogP contribution in [-0.2, 0) is 6.54 Å². The van der Waals surface area contributed by atoms with E-state index in [2.05, 4.69) is 45.7 Å². The van der Waals surface area contributed by atoms with Crippen LogP contribution in [0.2, 0.25) is 0 Å². The molecule has 0 spiro atoms. The summed E-state index contributed by atoms with van der Waals surface area (Å²) in [5.41, 5.74) is 2.74. The topological polar surface area (TPSA) is 66.9 Å². The Morgan fingerprint density at radius 1 is 1.27 bits per heavy atom. The first-order valence-corrected chi connectivity index (χ1v) is 7.50. The van der Waals surface area contributed by atoms with Gasteiger partial charge >= 0.3 is 0 Å². The van der Waals surface area contributed by atoms with Crippen LogP contribution in [0.25, 0.3) is 0 Å². The second-order valence-corrected chi connectivity index (χ2v) is 5.41. The molecule has 1 atom stereocenters. The molecule has 0 saturated carbocycles. The Bertz CT molecular complexity index is 625. The number of aromatic nitrogens is 2. The van der Waals surface area contributed by atoms with Crippen LogP contribution in [-0.4, -0.2) is 21.9 Å². The third kappa shape index (κ3) is 4.55. The Morgan fingerprint density at radius 3 is 2.73 bits per heavy atom. The summed E-state index contributed by atoms with van der Waals surface area (Å²) in [4.78, 5) is 20.3. The van der Waals surface area contributed by atoms with E-state index >= 15 is 0 Å². The number of carbonyl (C=O) groups excluding carboxylic acids is 1. The average molecular weight is 298 g/mol. The van der Waals surface area contributed by atoms with Crippen LogP contribution >= 0.6 is 0 Å². The zero-order valence-corrected chi connectivity index (χ0v) is 13.3. The number of anilines is 1. The highest BCUT2D eigenvalue weighted by Gasteiger charge is 2.10. The number of hydrogen-bond donors (Lipinski definition) is 2. The summed E-state index contributed by atoms with van der Waals surface area (Å²) in [6.07, 6.45) is 3.97. The molecule has 22 heavy (non-hydrogen) atoms. The van der Waals surface area contributed by atoms with Gasteiger partial charge in [0.2, 0.25) is 0 Å². The fourth-order valence-corrected chi connectivity index (χ4v) is 1.95. The number of nitrogens with zero attached hydrogens (tertiary/aromatic N) is 2. The molecule has 0 aliphatic carbocycles. The van der Waals surface area contributed by atoms with E-state index in [-0.39, 0.29) is 11.9 Å². The lowest BCUT2D eigenvalue weighted by Crippen LogP contribution is -2.32. The van der Waals surface area contributed by atoms with E-state index in [4.69, 9.17) is 0 Å². The highest BCUT2D eigenvalue weighted by Crippen LogP contribution is 2.08. The van der Waals surface area contributed by atoms with Gasteiger partial charge in [0.15, 0.2) is 0 Å². The standard InChI is InChI=1S/C17H22N4O/c1-4-13(3)21-17(22)15-10-20-16(11-18-15)19-9-14-7-5-6-12(2)8-14/h5-8,10-11,13H,4,9H2,1-3H3,(H,19,20)(H,21,22). The first-order valence-electron chi connectivity index (χ1n) is 7.50. The highest BCUT2D eigenvalue weighted by atomic mass is 16.1. The second-order valence-electron chi connectivity index (χ2n) is 5.41. The molecule has 1 heterocycles. The summed E-state index contributed by atoms with van der Waals surface area (Å²) in [6.45, 7) is 6.72. The van der Waals surface area contributed by atoms with E-state index in [0.717, 1.165) is 6.42 Å². The second kappa shape index (κ2) is 7.54. The number of aryl methyl sites for hydroxylation is 1. The van der Waals surface area contributed by atoms with Gasteiger partial charge < -0.3 is 10.6 Å². The monoisotopic (exact) mass is 298 g/mol. The number of hydrogen-bond acceptors (Lipinski definition) is 4. The number of benzene rings is 1. The van der Waals surface area contributed by atoms with Crippen molar-refractivity contribution in [1.29, 1.82) is 0 Å². The van der Waals surface area contributed by atoms with E-state index in [9.17, 15) is 4.79 Å². The Kier molecular flexibility index (Phi) is 5.47. The normalized spacial score (nSPS) is 11.8. The first kappa shape index (κ1) is 15.9. The molecule has 5 nitrogen and oxygen atoms in total. The Labute approximate surface area is 131 Å². The average Bonchev–Trinajstić information content (AvgIpc) is 2.53. The lowest BCUT2D eigenvalue weighted by atomic mass is 10.1. The van der Waals surface area contributed by atoms with Gasteiger partial charge in [-0.25, -0.2) is 9.97 Å². The smallest absolute Gasteiger partial charge is 0.271 e. The van der Waals surface area contributed by atoms with E-state index in [1.807, 2.05) is 19.9 Å². The number of nitrogens with one attached hydrogen (secondary N) is 2. The molecular formula is C17H22N4O. The third-order valence-corrected chi connectivity index (χ3v) is 3.43. The van der Waals surface area contributed by atoms with Gasteiger partial charge in [-0.2, -0.15) is 0 Å². The molecule has 0 saturated heterocycles. The molecule has 0 fully saturated rings. The van der Waals surface area contributed by atoms with Crippen molar-refractivity contribution in [1.82, 2.24) is 15.3 Å². The number of carbonyl (C=O) groups is 1. The van der Waals surface area contributed by atoms with Crippen LogP contribution in [0.15, 0.2) is 36.7 Å². The molecule has 1 amide bonds. The quantitative estimate of drug-likeness (QED) is 0.860. The maximum atomic E-state index is 11.9. The van der Waals surface area contributed by atoms with Crippen molar-refractivity contribution in [3.8, 4) is 0 Å². The molecule has 1 aromatic heterocycles. The van der Waals surface area contributed by atoms with Gasteiger partial charge in [0, 0.05) is 12.6 Å². The van der Waals surface area contributed by atoms with Crippen molar-refractivity contribution < 1.29 is 4.79 Å². The lowest BCUT2D eigenvalue weighted by Gasteiger charge is -2.11. The Hall–Kier alpha value is -2.43. The Balaban J connectivity index is 1.93. The minimum Gasteiger partial charge on any atom is -0.365 e. The zero-order valence-electron chi connectivity index (χ0n) is 13.3. The largest absolute Gasteiger partial charge is 0.365 e. The van der Waals surface area contributed by atoms with Gasteiger partial charge in [0.1, 0.15) is 11.5 Å². The summed E-state index contributed by atoms with van der Waals surface area (Å²) in [6, 6.07) is 8.40. The third-order valence-electron chi connectivity index (χ3n) is 3.43. The van der Waals surface area contributed by atoms with Crippen molar-refractivity contribution in [2.75, 3.05) is 5.32 Å². The van der Waals surface area contributed by atoms with E-state index in [1.165, 1.54) is 17.3 Å². The predicted octanol–water partition coefficient (Wildman–Crippen LogP) is 2.93. The maximum Gasteiger partial charge on any atom is 0.271 e. The van der Waals surface area contributed by atoms with Gasteiger partial charge in [0.05, 0.1) is 12.4 Å². The molecule has 2 N–H and O–H groups in total.